The molecule has 0 bridgehead atoms. The van der Waals surface area contributed by atoms with Gasteiger partial charge in [0.2, 0.25) is 5.91 Å². The summed E-state index contributed by atoms with van der Waals surface area (Å²) in [6, 6.07) is 5.93. The Hall–Kier alpha value is -3.49. The standard InChI is InChI=1S/C19H23N5O4/c1-4-23-12-16(18(22-23)19(26)20-11-13(2)3)21-17(25)9-8-14-6-5-7-15(10-14)24(27)28/h5-10,12-13H,4,11H2,1-3H3,(H,20,26)(H,21,25)/b9-8+. The summed E-state index contributed by atoms with van der Waals surface area (Å²) in [5, 5.41) is 20.4. The number of non-ortho nitro benzene ring substituents is 1. The van der Waals surface area contributed by atoms with Crippen LogP contribution in [0.1, 0.15) is 36.8 Å². The Balaban J connectivity index is 2.12. The molecule has 0 saturated heterocycles. The molecule has 0 aliphatic carbocycles. The second-order valence-corrected chi connectivity index (χ2v) is 6.53. The molecule has 0 atom stereocenters. The maximum atomic E-state index is 12.3. The molecule has 9 nitrogen and oxygen atoms in total. The maximum absolute atomic E-state index is 12.3. The number of amides is 2. The summed E-state index contributed by atoms with van der Waals surface area (Å²) in [4.78, 5) is 34.9. The summed E-state index contributed by atoms with van der Waals surface area (Å²) in [6.45, 7) is 6.87. The lowest BCUT2D eigenvalue weighted by atomic mass is 10.2. The Morgan fingerprint density at radius 1 is 1.36 bits per heavy atom. The molecule has 1 heterocycles. The topological polar surface area (TPSA) is 119 Å². The highest BCUT2D eigenvalue weighted by atomic mass is 16.6. The van der Waals surface area contributed by atoms with Crippen LogP contribution in [0.5, 0.6) is 0 Å². The number of carbonyl (C=O) groups is 2. The quantitative estimate of drug-likeness (QED) is 0.411. The summed E-state index contributed by atoms with van der Waals surface area (Å²) in [7, 11) is 0. The number of carbonyl (C=O) groups excluding carboxylic acids is 2. The van der Waals surface area contributed by atoms with Crippen LogP contribution in [0.2, 0.25) is 0 Å². The fourth-order valence-corrected chi connectivity index (χ4v) is 2.31. The van der Waals surface area contributed by atoms with E-state index in [1.54, 1.807) is 16.9 Å². The lowest BCUT2D eigenvalue weighted by Crippen LogP contribution is -2.28. The molecule has 0 saturated carbocycles. The van der Waals surface area contributed by atoms with Gasteiger partial charge >= 0.3 is 0 Å². The Labute approximate surface area is 162 Å². The van der Waals surface area contributed by atoms with Gasteiger partial charge in [0, 0.05) is 37.5 Å². The van der Waals surface area contributed by atoms with E-state index in [1.165, 1.54) is 30.4 Å². The first-order valence-corrected chi connectivity index (χ1v) is 8.89. The Morgan fingerprint density at radius 2 is 2.11 bits per heavy atom. The van der Waals surface area contributed by atoms with Gasteiger partial charge < -0.3 is 10.6 Å². The van der Waals surface area contributed by atoms with Gasteiger partial charge in [-0.2, -0.15) is 5.10 Å². The number of nitro benzene ring substituents is 1. The van der Waals surface area contributed by atoms with E-state index < -0.39 is 10.8 Å². The number of aromatic nitrogens is 2. The van der Waals surface area contributed by atoms with Crippen molar-refractivity contribution in [2.24, 2.45) is 5.92 Å². The number of hydrogen-bond acceptors (Lipinski definition) is 5. The highest BCUT2D eigenvalue weighted by Gasteiger charge is 2.18. The molecule has 1 aromatic heterocycles. The van der Waals surface area contributed by atoms with E-state index in [4.69, 9.17) is 0 Å². The number of nitro groups is 1. The molecule has 148 valence electrons. The molecule has 0 spiro atoms. The average Bonchev–Trinajstić information content (AvgIpc) is 3.07. The van der Waals surface area contributed by atoms with Gasteiger partial charge in [0.1, 0.15) is 0 Å². The molecule has 0 unspecified atom stereocenters. The summed E-state index contributed by atoms with van der Waals surface area (Å²) < 4.78 is 1.56. The largest absolute Gasteiger partial charge is 0.350 e. The van der Waals surface area contributed by atoms with E-state index in [2.05, 4.69) is 15.7 Å². The third-order valence-electron chi connectivity index (χ3n) is 3.74. The summed E-state index contributed by atoms with van der Waals surface area (Å²) in [5.74, 6) is -0.549. The van der Waals surface area contributed by atoms with Gasteiger partial charge in [0.15, 0.2) is 5.69 Å². The summed E-state index contributed by atoms with van der Waals surface area (Å²) >= 11 is 0. The number of nitrogens with one attached hydrogen (secondary N) is 2. The number of anilines is 1. The van der Waals surface area contributed by atoms with E-state index in [9.17, 15) is 19.7 Å². The van der Waals surface area contributed by atoms with Crippen molar-refractivity contribution in [3.63, 3.8) is 0 Å². The second-order valence-electron chi connectivity index (χ2n) is 6.53. The monoisotopic (exact) mass is 385 g/mol. The van der Waals surface area contributed by atoms with Crippen LogP contribution >= 0.6 is 0 Å². The zero-order valence-corrected chi connectivity index (χ0v) is 16.0. The van der Waals surface area contributed by atoms with Gasteiger partial charge in [-0.1, -0.05) is 26.0 Å². The van der Waals surface area contributed by atoms with Crippen molar-refractivity contribution < 1.29 is 14.5 Å². The zero-order chi connectivity index (χ0) is 20.7. The van der Waals surface area contributed by atoms with E-state index in [1.807, 2.05) is 20.8 Å². The van der Waals surface area contributed by atoms with Crippen LogP contribution < -0.4 is 10.6 Å². The van der Waals surface area contributed by atoms with Gasteiger partial charge in [-0.15, -0.1) is 0 Å². The fourth-order valence-electron chi connectivity index (χ4n) is 2.31. The van der Waals surface area contributed by atoms with Crippen molar-refractivity contribution in [1.82, 2.24) is 15.1 Å². The van der Waals surface area contributed by atoms with Crippen LogP contribution in [0.15, 0.2) is 36.5 Å². The molecule has 0 aliphatic heterocycles. The molecule has 1 aromatic carbocycles. The SMILES string of the molecule is CCn1cc(NC(=O)/C=C/c2cccc([N+](=O)[O-])c2)c(C(=O)NCC(C)C)n1. The van der Waals surface area contributed by atoms with Gasteiger partial charge in [-0.25, -0.2) is 0 Å². The van der Waals surface area contributed by atoms with Crippen LogP contribution in [0, 0.1) is 16.0 Å². The Morgan fingerprint density at radius 3 is 2.75 bits per heavy atom. The van der Waals surface area contributed by atoms with E-state index in [0.29, 0.717) is 24.3 Å². The van der Waals surface area contributed by atoms with Crippen LogP contribution in [0.4, 0.5) is 11.4 Å². The average molecular weight is 385 g/mol. The van der Waals surface area contributed by atoms with Crippen LogP contribution in [-0.4, -0.2) is 33.1 Å². The highest BCUT2D eigenvalue weighted by molar-refractivity contribution is 6.06. The third-order valence-corrected chi connectivity index (χ3v) is 3.74. The number of benzene rings is 1. The molecule has 0 fully saturated rings. The predicted octanol–water partition coefficient (Wildman–Crippen LogP) is 2.85. The minimum absolute atomic E-state index is 0.0594. The van der Waals surface area contributed by atoms with E-state index in [0.717, 1.165) is 0 Å². The van der Waals surface area contributed by atoms with Crippen LogP contribution in [0.25, 0.3) is 6.08 Å². The molecule has 2 rings (SSSR count). The maximum Gasteiger partial charge on any atom is 0.273 e. The lowest BCUT2D eigenvalue weighted by molar-refractivity contribution is -0.384. The van der Waals surface area contributed by atoms with E-state index in [-0.39, 0.29) is 23.2 Å². The molecule has 28 heavy (non-hydrogen) atoms. The first kappa shape index (κ1) is 20.8. The number of aryl methyl sites for hydroxylation is 1. The predicted molar refractivity (Wildman–Crippen MR) is 106 cm³/mol. The number of hydrogen-bond donors (Lipinski definition) is 2. The molecule has 0 radical (unpaired) electrons. The van der Waals surface area contributed by atoms with Gasteiger partial charge in [0.05, 0.1) is 10.6 Å². The minimum atomic E-state index is -0.501. The number of nitrogens with zero attached hydrogens (tertiary/aromatic N) is 3. The first-order chi connectivity index (χ1) is 13.3. The van der Waals surface area contributed by atoms with E-state index >= 15 is 0 Å². The molecule has 2 N–H and O–H groups in total. The van der Waals surface area contributed by atoms with Crippen LogP contribution in [0.3, 0.4) is 0 Å². The van der Waals surface area contributed by atoms with Gasteiger partial charge in [0.25, 0.3) is 11.6 Å². The smallest absolute Gasteiger partial charge is 0.273 e. The Bertz CT molecular complexity index is 901. The summed E-state index contributed by atoms with van der Waals surface area (Å²) in [5.41, 5.74) is 0.899. The van der Waals surface area contributed by atoms with Crippen molar-refractivity contribution >= 4 is 29.3 Å². The minimum Gasteiger partial charge on any atom is -0.350 e. The molecular weight excluding hydrogens is 362 g/mol. The molecule has 2 aromatic rings. The van der Waals surface area contributed by atoms with Crippen LogP contribution in [-0.2, 0) is 11.3 Å². The second kappa shape index (κ2) is 9.45. The Kier molecular flexibility index (Phi) is 7.02. The fraction of sp³-hybridized carbons (Fsp3) is 0.316. The van der Waals surface area contributed by atoms with Crippen molar-refractivity contribution in [2.75, 3.05) is 11.9 Å². The number of rotatable bonds is 8. The van der Waals surface area contributed by atoms with Gasteiger partial charge in [-0.3, -0.25) is 24.4 Å². The first-order valence-electron chi connectivity index (χ1n) is 8.89. The molecule has 9 heteroatoms. The summed E-state index contributed by atoms with van der Waals surface area (Å²) in [6.07, 6.45) is 4.30. The van der Waals surface area contributed by atoms with Crippen molar-refractivity contribution in [3.05, 3.63) is 57.9 Å². The highest BCUT2D eigenvalue weighted by Crippen LogP contribution is 2.16. The normalized spacial score (nSPS) is 11.0. The third kappa shape index (κ3) is 5.76. The molecule has 2 amide bonds. The van der Waals surface area contributed by atoms with Gasteiger partial charge in [-0.05, 0) is 24.5 Å². The van der Waals surface area contributed by atoms with Crippen molar-refractivity contribution in [1.29, 1.82) is 0 Å². The lowest BCUT2D eigenvalue weighted by Gasteiger charge is -2.07. The molecule has 0 aliphatic rings. The van der Waals surface area contributed by atoms with Crippen molar-refractivity contribution in [3.8, 4) is 0 Å². The molecular formula is C19H23N5O4. The zero-order valence-electron chi connectivity index (χ0n) is 16.0. The van der Waals surface area contributed by atoms with Crippen molar-refractivity contribution in [2.45, 2.75) is 27.3 Å².